The third-order valence-electron chi connectivity index (χ3n) is 4.51. The number of likely N-dealkylation sites (tertiary alicyclic amines) is 1. The average Bonchev–Trinajstić information content (AvgIpc) is 3.13. The number of hydrogen-bond donors (Lipinski definition) is 1. The Balaban J connectivity index is 1.50. The predicted molar refractivity (Wildman–Crippen MR) is 101 cm³/mol. The highest BCUT2D eigenvalue weighted by Gasteiger charge is 2.26. The molecule has 0 saturated carbocycles. The number of pyridine rings is 2. The Kier molecular flexibility index (Phi) is 5.04. The highest BCUT2D eigenvalue weighted by molar-refractivity contribution is 6.30. The van der Waals surface area contributed by atoms with Crippen molar-refractivity contribution in [1.82, 2.24) is 24.8 Å². The molecule has 0 aliphatic carbocycles. The van der Waals surface area contributed by atoms with Gasteiger partial charge in [-0.2, -0.15) is 0 Å². The zero-order chi connectivity index (χ0) is 17.8. The largest absolute Gasteiger partial charge is 0.324 e. The molecule has 0 aromatic carbocycles. The molecule has 1 atom stereocenters. The molecule has 3 aromatic heterocycles. The number of halogens is 1. The van der Waals surface area contributed by atoms with Gasteiger partial charge in [0.25, 0.3) is 0 Å². The van der Waals surface area contributed by atoms with Gasteiger partial charge in [0.2, 0.25) is 0 Å². The maximum Gasteiger partial charge on any atom is 0.150 e. The maximum atomic E-state index is 5.94. The van der Waals surface area contributed by atoms with Crippen LogP contribution in [0.2, 0.25) is 5.02 Å². The number of nitrogens with zero attached hydrogens (tertiary/aromatic N) is 5. The van der Waals surface area contributed by atoms with Crippen LogP contribution in [0.4, 0.5) is 11.6 Å². The first-order valence-electron chi connectivity index (χ1n) is 8.61. The lowest BCUT2D eigenvalue weighted by atomic mass is 10.1. The molecule has 1 N–H and O–H groups in total. The van der Waals surface area contributed by atoms with Crippen LogP contribution >= 0.6 is 11.6 Å². The van der Waals surface area contributed by atoms with Gasteiger partial charge in [-0.1, -0.05) is 11.6 Å². The van der Waals surface area contributed by atoms with Gasteiger partial charge in [-0.15, -0.1) is 0 Å². The van der Waals surface area contributed by atoms with Crippen LogP contribution in [0.25, 0.3) is 0 Å². The summed E-state index contributed by atoms with van der Waals surface area (Å²) in [6.07, 6.45) is 10.8. The van der Waals surface area contributed by atoms with Crippen molar-refractivity contribution in [2.45, 2.75) is 25.4 Å². The Bertz CT molecular complexity index is 855. The molecule has 3 aromatic rings. The van der Waals surface area contributed by atoms with E-state index < -0.39 is 0 Å². The minimum atomic E-state index is 0.359. The molecule has 0 amide bonds. The summed E-state index contributed by atoms with van der Waals surface area (Å²) in [5.74, 6) is 1.46. The molecule has 26 heavy (non-hydrogen) atoms. The van der Waals surface area contributed by atoms with E-state index in [2.05, 4.69) is 42.3 Å². The monoisotopic (exact) mass is 366 g/mol. The molecule has 1 aliphatic rings. The quantitative estimate of drug-likeness (QED) is 0.736. The second kappa shape index (κ2) is 7.76. The van der Waals surface area contributed by atoms with Gasteiger partial charge >= 0.3 is 0 Å². The molecule has 1 aliphatic heterocycles. The summed E-state index contributed by atoms with van der Waals surface area (Å²) in [6.45, 7) is 1.88. The Labute approximate surface area is 157 Å². The van der Waals surface area contributed by atoms with Gasteiger partial charge in [0.1, 0.15) is 11.6 Å². The minimum absolute atomic E-state index is 0.359. The lowest BCUT2D eigenvalue weighted by Gasteiger charge is -2.24. The van der Waals surface area contributed by atoms with Crippen molar-refractivity contribution in [3.8, 4) is 0 Å². The van der Waals surface area contributed by atoms with Crippen molar-refractivity contribution in [3.05, 3.63) is 71.5 Å². The van der Waals surface area contributed by atoms with Crippen LogP contribution in [0.5, 0.6) is 0 Å². The zero-order valence-electron chi connectivity index (χ0n) is 14.2. The average molecular weight is 367 g/mol. The topological polar surface area (TPSA) is 66.8 Å². The highest BCUT2D eigenvalue weighted by Crippen LogP contribution is 2.33. The molecule has 1 fully saturated rings. The van der Waals surface area contributed by atoms with Crippen molar-refractivity contribution in [2.75, 3.05) is 11.9 Å². The van der Waals surface area contributed by atoms with Crippen LogP contribution in [0, 0.1) is 0 Å². The summed E-state index contributed by atoms with van der Waals surface area (Å²) >= 11 is 5.94. The molecule has 4 rings (SSSR count). The fraction of sp³-hybridized carbons (Fsp3) is 0.263. The molecule has 1 saturated heterocycles. The summed E-state index contributed by atoms with van der Waals surface area (Å²) in [6, 6.07) is 8.42. The van der Waals surface area contributed by atoms with Gasteiger partial charge in [0.05, 0.1) is 16.9 Å². The Morgan fingerprint density at radius 2 is 1.96 bits per heavy atom. The maximum absolute atomic E-state index is 5.94. The number of aromatic nitrogens is 4. The Hall–Kier alpha value is -2.57. The molecule has 7 heteroatoms. The smallest absolute Gasteiger partial charge is 0.150 e. The van der Waals surface area contributed by atoms with Crippen LogP contribution in [0.1, 0.15) is 30.1 Å². The molecule has 0 bridgehead atoms. The second-order valence-electron chi connectivity index (χ2n) is 6.29. The summed E-state index contributed by atoms with van der Waals surface area (Å²) in [5, 5.41) is 3.88. The van der Waals surface area contributed by atoms with Gasteiger partial charge in [0, 0.05) is 37.4 Å². The molecule has 0 unspecified atom stereocenters. The molecular formula is C19H19ClN6. The van der Waals surface area contributed by atoms with Crippen LogP contribution in [0.15, 0.2) is 55.2 Å². The van der Waals surface area contributed by atoms with Crippen molar-refractivity contribution >= 4 is 23.2 Å². The third kappa shape index (κ3) is 3.98. The van der Waals surface area contributed by atoms with Crippen molar-refractivity contribution < 1.29 is 0 Å². The van der Waals surface area contributed by atoms with Crippen LogP contribution in [0.3, 0.4) is 0 Å². The van der Waals surface area contributed by atoms with Gasteiger partial charge in [-0.3, -0.25) is 14.9 Å². The first-order chi connectivity index (χ1) is 12.8. The SMILES string of the molecule is Clc1ccc(CN2CCC[C@@H]2c2ccnc(Nc3cnccn3)c2)nc1. The van der Waals surface area contributed by atoms with Crippen molar-refractivity contribution in [3.63, 3.8) is 0 Å². The van der Waals surface area contributed by atoms with Gasteiger partial charge in [-0.05, 0) is 49.2 Å². The fourth-order valence-electron chi connectivity index (χ4n) is 3.32. The van der Waals surface area contributed by atoms with E-state index in [0.717, 1.165) is 31.0 Å². The predicted octanol–water partition coefficient (Wildman–Crippen LogP) is 4.00. The summed E-state index contributed by atoms with van der Waals surface area (Å²) in [5.41, 5.74) is 2.28. The number of anilines is 2. The number of rotatable bonds is 5. The first kappa shape index (κ1) is 16.9. The summed E-state index contributed by atoms with van der Waals surface area (Å²) in [7, 11) is 0. The van der Waals surface area contributed by atoms with E-state index in [0.29, 0.717) is 16.9 Å². The van der Waals surface area contributed by atoms with E-state index in [1.807, 2.05) is 18.3 Å². The van der Waals surface area contributed by atoms with Gasteiger partial charge < -0.3 is 5.32 Å². The minimum Gasteiger partial charge on any atom is -0.324 e. The molecule has 0 spiro atoms. The van der Waals surface area contributed by atoms with Gasteiger partial charge in [-0.25, -0.2) is 9.97 Å². The summed E-state index contributed by atoms with van der Waals surface area (Å²) in [4.78, 5) is 19.6. The second-order valence-corrected chi connectivity index (χ2v) is 6.72. The Morgan fingerprint density at radius 1 is 1.04 bits per heavy atom. The summed E-state index contributed by atoms with van der Waals surface area (Å²) < 4.78 is 0. The fourth-order valence-corrected chi connectivity index (χ4v) is 3.43. The van der Waals surface area contributed by atoms with Crippen molar-refractivity contribution in [2.24, 2.45) is 0 Å². The molecule has 132 valence electrons. The van der Waals surface area contributed by atoms with E-state index in [-0.39, 0.29) is 0 Å². The lowest BCUT2D eigenvalue weighted by Crippen LogP contribution is -2.23. The Morgan fingerprint density at radius 3 is 2.77 bits per heavy atom. The first-order valence-corrected chi connectivity index (χ1v) is 8.99. The van der Waals surface area contributed by atoms with Crippen LogP contribution < -0.4 is 5.32 Å². The molecule has 0 radical (unpaired) electrons. The van der Waals surface area contributed by atoms with Crippen LogP contribution in [-0.4, -0.2) is 31.4 Å². The van der Waals surface area contributed by atoms with Gasteiger partial charge in [0.15, 0.2) is 0 Å². The third-order valence-corrected chi connectivity index (χ3v) is 4.73. The lowest BCUT2D eigenvalue weighted by molar-refractivity contribution is 0.245. The van der Waals surface area contributed by atoms with E-state index in [9.17, 15) is 0 Å². The number of hydrogen-bond acceptors (Lipinski definition) is 6. The highest BCUT2D eigenvalue weighted by atomic mass is 35.5. The molecular weight excluding hydrogens is 348 g/mol. The van der Waals surface area contributed by atoms with Crippen LogP contribution in [-0.2, 0) is 6.54 Å². The zero-order valence-corrected chi connectivity index (χ0v) is 15.0. The normalized spacial score (nSPS) is 17.3. The van der Waals surface area contributed by atoms with Crippen molar-refractivity contribution in [1.29, 1.82) is 0 Å². The molecule has 6 nitrogen and oxygen atoms in total. The van der Waals surface area contributed by atoms with E-state index in [4.69, 9.17) is 11.6 Å². The standard InChI is InChI=1S/C19H19ClN6/c20-15-3-4-16(24-11-15)13-26-9-1-2-17(26)14-5-6-22-18(10-14)25-19-12-21-7-8-23-19/h3-8,10-12,17H,1-2,9,13H2,(H,22,23,25)/t17-/m1/s1. The van der Waals surface area contributed by atoms with E-state index in [1.165, 1.54) is 12.0 Å². The van der Waals surface area contributed by atoms with E-state index in [1.54, 1.807) is 24.8 Å². The van der Waals surface area contributed by atoms with E-state index >= 15 is 0 Å². The number of nitrogens with one attached hydrogen (secondary N) is 1. The molecule has 4 heterocycles.